The zero-order valence-corrected chi connectivity index (χ0v) is 30.6. The van der Waals surface area contributed by atoms with Gasteiger partial charge in [0.05, 0.1) is 5.69 Å². The van der Waals surface area contributed by atoms with Gasteiger partial charge >= 0.3 is 0 Å². The molecular formula is C52H47N. The van der Waals surface area contributed by atoms with Gasteiger partial charge in [0.2, 0.25) is 0 Å². The Bertz CT molecular complexity index is 2370. The largest absolute Gasteiger partial charge is 0.310 e. The minimum atomic E-state index is 0.118. The molecule has 7 aliphatic carbocycles. The summed E-state index contributed by atoms with van der Waals surface area (Å²) in [7, 11) is 0. The first-order valence-electron chi connectivity index (χ1n) is 20.7. The fourth-order valence-corrected chi connectivity index (χ4v) is 13.5. The van der Waals surface area contributed by atoms with Crippen LogP contribution in [-0.2, 0) is 10.8 Å². The SMILES string of the molecule is c1ccc(-c2ccc(N(c3ccc4c(c3)C3(c5ccccc5-4)C4CC5CC(C4)CC3C5)c3cccc4c3-c3ccccc3C43CCCCC3)cc2)cc1. The number of nitrogens with zero attached hydrogens (tertiary/aromatic N) is 1. The molecule has 5 saturated carbocycles. The molecule has 1 nitrogen and oxygen atoms in total. The number of benzene rings is 6. The zero-order valence-electron chi connectivity index (χ0n) is 30.6. The van der Waals surface area contributed by atoms with Crippen molar-refractivity contribution in [1.29, 1.82) is 0 Å². The predicted octanol–water partition coefficient (Wildman–Crippen LogP) is 13.8. The van der Waals surface area contributed by atoms with Gasteiger partial charge in [-0.1, -0.05) is 128 Å². The lowest BCUT2D eigenvalue weighted by Crippen LogP contribution is -2.55. The van der Waals surface area contributed by atoms with E-state index in [9.17, 15) is 0 Å². The van der Waals surface area contributed by atoms with Crippen LogP contribution in [0.4, 0.5) is 17.1 Å². The molecule has 0 atom stereocenters. The van der Waals surface area contributed by atoms with Crippen LogP contribution in [0.3, 0.4) is 0 Å². The Hall–Kier alpha value is -4.88. The summed E-state index contributed by atoms with van der Waals surface area (Å²) >= 11 is 0. The summed E-state index contributed by atoms with van der Waals surface area (Å²) in [5.41, 5.74) is 18.9. The van der Waals surface area contributed by atoms with Crippen LogP contribution in [0.15, 0.2) is 140 Å². The van der Waals surface area contributed by atoms with Crippen molar-refractivity contribution in [2.75, 3.05) is 4.90 Å². The number of anilines is 3. The minimum absolute atomic E-state index is 0.118. The summed E-state index contributed by atoms with van der Waals surface area (Å²) in [5, 5.41) is 0. The van der Waals surface area contributed by atoms with Gasteiger partial charge < -0.3 is 4.90 Å². The predicted molar refractivity (Wildman–Crippen MR) is 219 cm³/mol. The molecule has 0 aromatic heterocycles. The van der Waals surface area contributed by atoms with Gasteiger partial charge in [0.15, 0.2) is 0 Å². The van der Waals surface area contributed by atoms with E-state index in [1.807, 2.05) is 0 Å². The normalized spacial score (nSPS) is 26.3. The van der Waals surface area contributed by atoms with Gasteiger partial charge in [0, 0.05) is 27.8 Å². The van der Waals surface area contributed by atoms with Crippen LogP contribution in [0.2, 0.25) is 0 Å². The first-order chi connectivity index (χ1) is 26.2. The van der Waals surface area contributed by atoms with E-state index in [2.05, 4.69) is 144 Å². The highest BCUT2D eigenvalue weighted by Crippen LogP contribution is 2.70. The molecule has 0 heterocycles. The smallest absolute Gasteiger partial charge is 0.0543 e. The summed E-state index contributed by atoms with van der Waals surface area (Å²) in [6.07, 6.45) is 13.5. The van der Waals surface area contributed by atoms with Crippen LogP contribution in [0.1, 0.15) is 86.5 Å². The van der Waals surface area contributed by atoms with Gasteiger partial charge in [-0.15, -0.1) is 0 Å². The molecule has 260 valence electrons. The fraction of sp³-hybridized carbons (Fsp3) is 0.308. The second-order valence-electron chi connectivity index (χ2n) is 17.6. The van der Waals surface area contributed by atoms with E-state index in [4.69, 9.17) is 0 Å². The van der Waals surface area contributed by atoms with E-state index in [0.717, 1.165) is 23.7 Å². The Morgan fingerprint density at radius 2 is 1.04 bits per heavy atom. The van der Waals surface area contributed by atoms with Gasteiger partial charge in [0.25, 0.3) is 0 Å². The molecule has 53 heavy (non-hydrogen) atoms. The first-order valence-corrected chi connectivity index (χ1v) is 20.7. The van der Waals surface area contributed by atoms with Crippen LogP contribution >= 0.6 is 0 Å². The van der Waals surface area contributed by atoms with Gasteiger partial charge in [0.1, 0.15) is 0 Å². The van der Waals surface area contributed by atoms with Crippen LogP contribution in [0.5, 0.6) is 0 Å². The standard InChI is InChI=1S/C52H47N/c1-3-12-36(13-4-1)37-20-22-40(23-21-37)53(49-19-11-18-47-50(49)44-15-6-7-16-45(44)51(47)26-9-2-10-27-51)41-24-25-43-42-14-5-8-17-46(42)52(48(43)33-41)38-29-34-28-35(31-38)32-39(52)30-34/h1,3-8,11-25,33-35,38-39H,2,9-10,26-32H2. The van der Waals surface area contributed by atoms with Crippen molar-refractivity contribution in [3.63, 3.8) is 0 Å². The Morgan fingerprint density at radius 3 is 1.79 bits per heavy atom. The van der Waals surface area contributed by atoms with E-state index in [1.165, 1.54) is 115 Å². The average molecular weight is 686 g/mol. The van der Waals surface area contributed by atoms with Crippen molar-refractivity contribution >= 4 is 17.1 Å². The Morgan fingerprint density at radius 1 is 0.434 bits per heavy atom. The molecular weight excluding hydrogens is 639 g/mol. The third-order valence-electron chi connectivity index (χ3n) is 15.2. The maximum atomic E-state index is 2.68. The van der Waals surface area contributed by atoms with Crippen LogP contribution < -0.4 is 4.90 Å². The molecule has 6 aromatic rings. The summed E-state index contributed by atoms with van der Waals surface area (Å²) < 4.78 is 0. The Kier molecular flexibility index (Phi) is 6.53. The molecule has 0 saturated heterocycles. The van der Waals surface area contributed by atoms with Crippen LogP contribution in [0.25, 0.3) is 33.4 Å². The highest BCUT2D eigenvalue weighted by Gasteiger charge is 2.61. The van der Waals surface area contributed by atoms with E-state index in [0.29, 0.717) is 0 Å². The molecule has 5 fully saturated rings. The summed E-state index contributed by atoms with van der Waals surface area (Å²) in [5.74, 6) is 3.35. The molecule has 1 heteroatoms. The summed E-state index contributed by atoms with van der Waals surface area (Å²) in [6.45, 7) is 0. The van der Waals surface area contributed by atoms with Crippen molar-refractivity contribution in [2.24, 2.45) is 23.7 Å². The maximum absolute atomic E-state index is 2.68. The highest BCUT2D eigenvalue weighted by molar-refractivity contribution is 5.96. The van der Waals surface area contributed by atoms with E-state index >= 15 is 0 Å². The first kappa shape index (κ1) is 30.6. The van der Waals surface area contributed by atoms with Gasteiger partial charge in [-0.2, -0.15) is 0 Å². The number of hydrogen-bond donors (Lipinski definition) is 0. The van der Waals surface area contributed by atoms with Gasteiger partial charge in [-0.3, -0.25) is 0 Å². The quantitative estimate of drug-likeness (QED) is 0.179. The molecule has 0 unspecified atom stereocenters. The lowest BCUT2D eigenvalue weighted by Gasteiger charge is -2.61. The monoisotopic (exact) mass is 685 g/mol. The molecule has 0 amide bonds. The fourth-order valence-electron chi connectivity index (χ4n) is 13.5. The van der Waals surface area contributed by atoms with Crippen molar-refractivity contribution in [3.05, 3.63) is 162 Å². The number of rotatable bonds is 4. The van der Waals surface area contributed by atoms with Crippen LogP contribution in [0, 0.1) is 23.7 Å². The van der Waals surface area contributed by atoms with E-state index < -0.39 is 0 Å². The second kappa shape index (κ2) is 11.3. The number of hydrogen-bond acceptors (Lipinski definition) is 1. The van der Waals surface area contributed by atoms with E-state index in [1.54, 1.807) is 22.3 Å². The summed E-state index contributed by atoms with van der Waals surface area (Å²) in [6, 6.07) is 54.1. The Balaban J connectivity index is 1.09. The molecule has 6 aromatic carbocycles. The molecule has 7 aliphatic rings. The third-order valence-corrected chi connectivity index (χ3v) is 15.2. The molecule has 0 aliphatic heterocycles. The summed E-state index contributed by atoms with van der Waals surface area (Å²) in [4.78, 5) is 2.64. The molecule has 0 radical (unpaired) electrons. The number of fused-ring (bicyclic) bond motifs is 8. The lowest BCUT2D eigenvalue weighted by atomic mass is 9.43. The molecule has 2 spiro atoms. The van der Waals surface area contributed by atoms with Gasteiger partial charge in [-0.05, 0) is 149 Å². The molecule has 0 N–H and O–H groups in total. The second-order valence-corrected chi connectivity index (χ2v) is 17.6. The Labute approximate surface area is 314 Å². The van der Waals surface area contributed by atoms with Crippen LogP contribution in [-0.4, -0.2) is 0 Å². The van der Waals surface area contributed by atoms with Gasteiger partial charge in [-0.25, -0.2) is 0 Å². The topological polar surface area (TPSA) is 3.24 Å². The maximum Gasteiger partial charge on any atom is 0.0543 e. The van der Waals surface area contributed by atoms with Crippen molar-refractivity contribution < 1.29 is 0 Å². The third kappa shape index (κ3) is 4.15. The highest BCUT2D eigenvalue weighted by atomic mass is 15.1. The van der Waals surface area contributed by atoms with Crippen molar-refractivity contribution in [3.8, 4) is 33.4 Å². The molecule has 4 bridgehead atoms. The van der Waals surface area contributed by atoms with Crippen molar-refractivity contribution in [1.82, 2.24) is 0 Å². The average Bonchev–Trinajstić information content (AvgIpc) is 3.65. The lowest BCUT2D eigenvalue weighted by molar-refractivity contribution is -0.0399. The van der Waals surface area contributed by atoms with E-state index in [-0.39, 0.29) is 10.8 Å². The van der Waals surface area contributed by atoms with Crippen molar-refractivity contribution in [2.45, 2.75) is 75.0 Å². The zero-order chi connectivity index (χ0) is 34.7. The minimum Gasteiger partial charge on any atom is -0.310 e. The molecule has 13 rings (SSSR count).